The van der Waals surface area contributed by atoms with Gasteiger partial charge in [0.15, 0.2) is 11.5 Å². The van der Waals surface area contributed by atoms with Gasteiger partial charge in [0.1, 0.15) is 11.9 Å². The molecule has 5 rings (SSSR count). The monoisotopic (exact) mass is 377 g/mol. The lowest BCUT2D eigenvalue weighted by atomic mass is 10.1. The third-order valence-electron chi connectivity index (χ3n) is 4.78. The van der Waals surface area contributed by atoms with Crippen molar-refractivity contribution in [1.29, 1.82) is 0 Å². The number of nitrogens with zero attached hydrogens (tertiary/aromatic N) is 5. The molecule has 1 aromatic carbocycles. The molecule has 136 valence electrons. The Labute approximate surface area is 161 Å². The van der Waals surface area contributed by atoms with Crippen molar-refractivity contribution in [2.45, 2.75) is 19.1 Å². The number of aromatic nitrogens is 4. The average molecular weight is 377 g/mol. The van der Waals surface area contributed by atoms with Gasteiger partial charge in [0, 0.05) is 18.7 Å². The van der Waals surface area contributed by atoms with Gasteiger partial charge in [-0.15, -0.1) is 15.3 Å². The number of rotatable bonds is 3. The summed E-state index contributed by atoms with van der Waals surface area (Å²) in [6.45, 7) is 3.70. The van der Waals surface area contributed by atoms with Crippen LogP contribution in [0.5, 0.6) is 0 Å². The van der Waals surface area contributed by atoms with Crippen LogP contribution in [0.4, 0.5) is 5.82 Å². The highest BCUT2D eigenvalue weighted by Gasteiger charge is 2.28. The quantitative estimate of drug-likeness (QED) is 0.543. The maximum atomic E-state index is 6.15. The van der Waals surface area contributed by atoms with Crippen LogP contribution < -0.4 is 4.90 Å². The molecule has 1 fully saturated rings. The van der Waals surface area contributed by atoms with E-state index in [1.54, 1.807) is 11.3 Å². The number of anilines is 1. The van der Waals surface area contributed by atoms with E-state index >= 15 is 0 Å². The number of fused-ring (bicyclic) bond motifs is 1. The molecule has 0 radical (unpaired) electrons. The molecule has 0 saturated carbocycles. The second-order valence-corrected chi connectivity index (χ2v) is 7.53. The van der Waals surface area contributed by atoms with Gasteiger partial charge < -0.3 is 9.64 Å². The fraction of sp³-hybridized carbons (Fsp3) is 0.250. The highest BCUT2D eigenvalue weighted by molar-refractivity contribution is 7.07. The highest BCUT2D eigenvalue weighted by Crippen LogP contribution is 2.29. The van der Waals surface area contributed by atoms with Gasteiger partial charge in [-0.3, -0.25) is 0 Å². The Morgan fingerprint density at radius 3 is 2.74 bits per heavy atom. The Morgan fingerprint density at radius 2 is 1.93 bits per heavy atom. The summed E-state index contributed by atoms with van der Waals surface area (Å²) in [5, 5.41) is 17.7. The maximum Gasteiger partial charge on any atom is 0.185 e. The zero-order valence-electron chi connectivity index (χ0n) is 14.9. The molecular formula is C20H19N5OS. The van der Waals surface area contributed by atoms with Crippen molar-refractivity contribution in [2.24, 2.45) is 0 Å². The lowest BCUT2D eigenvalue weighted by Gasteiger charge is -2.37. The van der Waals surface area contributed by atoms with Gasteiger partial charge in [-0.1, -0.05) is 30.3 Å². The topological polar surface area (TPSA) is 55.6 Å². The van der Waals surface area contributed by atoms with Crippen LogP contribution in [0.15, 0.2) is 59.3 Å². The number of hydrogen-bond donors (Lipinski definition) is 0. The summed E-state index contributed by atoms with van der Waals surface area (Å²) in [5.74, 6) is 1.66. The largest absolute Gasteiger partial charge is 0.367 e. The molecule has 2 atom stereocenters. The van der Waals surface area contributed by atoms with E-state index in [0.29, 0.717) is 0 Å². The van der Waals surface area contributed by atoms with Gasteiger partial charge in [-0.25, -0.2) is 0 Å². The van der Waals surface area contributed by atoms with Gasteiger partial charge in [0.2, 0.25) is 0 Å². The van der Waals surface area contributed by atoms with Crippen LogP contribution in [-0.4, -0.2) is 39.0 Å². The van der Waals surface area contributed by atoms with Crippen molar-refractivity contribution >= 4 is 22.8 Å². The third-order valence-corrected chi connectivity index (χ3v) is 5.48. The van der Waals surface area contributed by atoms with Gasteiger partial charge in [0.05, 0.1) is 6.10 Å². The summed E-state index contributed by atoms with van der Waals surface area (Å²) in [6.07, 6.45) is 0.197. The Balaban J connectivity index is 1.51. The summed E-state index contributed by atoms with van der Waals surface area (Å²) < 4.78 is 7.98. The minimum atomic E-state index is 0.0620. The molecule has 4 aromatic rings. The first-order valence-electron chi connectivity index (χ1n) is 8.98. The van der Waals surface area contributed by atoms with Crippen molar-refractivity contribution in [2.75, 3.05) is 18.0 Å². The number of thiophene rings is 1. The number of benzene rings is 1. The fourth-order valence-corrected chi connectivity index (χ4v) is 4.20. The van der Waals surface area contributed by atoms with Crippen molar-refractivity contribution in [1.82, 2.24) is 19.8 Å². The normalized spacial score (nSPS) is 20.3. The first-order valence-corrected chi connectivity index (χ1v) is 9.92. The van der Waals surface area contributed by atoms with Gasteiger partial charge >= 0.3 is 0 Å². The van der Waals surface area contributed by atoms with Crippen molar-refractivity contribution < 1.29 is 4.74 Å². The number of morpholine rings is 1. The standard InChI is InChI=1S/C20H19N5OS/c1-14-11-24(12-17(26-14)16-9-10-27-13-16)19-8-7-18-21-22-20(25(18)23-19)15-5-3-2-4-6-15/h2-10,13-14,17H,11-12H2,1H3. The molecule has 0 bridgehead atoms. The highest BCUT2D eigenvalue weighted by atomic mass is 32.1. The Bertz CT molecular complexity index is 1050. The number of ether oxygens (including phenoxy) is 1. The molecule has 0 N–H and O–H groups in total. The van der Waals surface area contributed by atoms with E-state index in [4.69, 9.17) is 9.84 Å². The van der Waals surface area contributed by atoms with Crippen LogP contribution in [0.1, 0.15) is 18.6 Å². The first kappa shape index (κ1) is 16.4. The van der Waals surface area contributed by atoms with E-state index in [0.717, 1.165) is 35.9 Å². The molecule has 1 aliphatic heterocycles. The van der Waals surface area contributed by atoms with E-state index in [-0.39, 0.29) is 12.2 Å². The van der Waals surface area contributed by atoms with Crippen LogP contribution in [0.25, 0.3) is 17.0 Å². The van der Waals surface area contributed by atoms with Crippen LogP contribution in [0.2, 0.25) is 0 Å². The minimum Gasteiger partial charge on any atom is -0.367 e. The Morgan fingerprint density at radius 1 is 1.04 bits per heavy atom. The summed E-state index contributed by atoms with van der Waals surface area (Å²) in [7, 11) is 0. The fourth-order valence-electron chi connectivity index (χ4n) is 3.50. The lowest BCUT2D eigenvalue weighted by Crippen LogP contribution is -2.43. The van der Waals surface area contributed by atoms with Gasteiger partial charge in [-0.05, 0) is 41.4 Å². The second kappa shape index (κ2) is 6.75. The Hall–Kier alpha value is -2.77. The van der Waals surface area contributed by atoms with Crippen LogP contribution >= 0.6 is 11.3 Å². The first-order chi connectivity index (χ1) is 13.3. The molecular weight excluding hydrogens is 358 g/mol. The molecule has 3 aromatic heterocycles. The zero-order chi connectivity index (χ0) is 18.2. The van der Waals surface area contributed by atoms with E-state index in [1.807, 2.05) is 47.0 Å². The van der Waals surface area contributed by atoms with E-state index in [1.165, 1.54) is 5.56 Å². The molecule has 4 heterocycles. The number of hydrogen-bond acceptors (Lipinski definition) is 6. The van der Waals surface area contributed by atoms with Crippen LogP contribution in [0.3, 0.4) is 0 Å². The molecule has 2 unspecified atom stereocenters. The smallest absolute Gasteiger partial charge is 0.185 e. The maximum absolute atomic E-state index is 6.15. The molecule has 1 saturated heterocycles. The summed E-state index contributed by atoms with van der Waals surface area (Å²) in [6, 6.07) is 16.1. The Kier molecular flexibility index (Phi) is 4.10. The van der Waals surface area contributed by atoms with E-state index < -0.39 is 0 Å². The lowest BCUT2D eigenvalue weighted by molar-refractivity contribution is -0.0174. The molecule has 27 heavy (non-hydrogen) atoms. The minimum absolute atomic E-state index is 0.0620. The van der Waals surface area contributed by atoms with Crippen molar-refractivity contribution in [3.8, 4) is 11.4 Å². The predicted molar refractivity (Wildman–Crippen MR) is 106 cm³/mol. The van der Waals surface area contributed by atoms with Gasteiger partial charge in [0.25, 0.3) is 0 Å². The molecule has 0 spiro atoms. The molecule has 1 aliphatic rings. The van der Waals surface area contributed by atoms with Crippen LogP contribution in [0, 0.1) is 0 Å². The molecule has 0 amide bonds. The van der Waals surface area contributed by atoms with E-state index in [2.05, 4.69) is 38.8 Å². The molecule has 0 aliphatic carbocycles. The molecule has 7 heteroatoms. The average Bonchev–Trinajstić information content (AvgIpc) is 3.38. The predicted octanol–water partition coefficient (Wildman–Crippen LogP) is 3.82. The third kappa shape index (κ3) is 3.09. The van der Waals surface area contributed by atoms with Gasteiger partial charge in [-0.2, -0.15) is 15.9 Å². The zero-order valence-corrected chi connectivity index (χ0v) is 15.7. The van der Waals surface area contributed by atoms with Crippen molar-refractivity contribution in [3.05, 3.63) is 64.9 Å². The van der Waals surface area contributed by atoms with E-state index in [9.17, 15) is 0 Å². The van der Waals surface area contributed by atoms with Crippen molar-refractivity contribution in [3.63, 3.8) is 0 Å². The summed E-state index contributed by atoms with van der Waals surface area (Å²) in [5.41, 5.74) is 2.97. The second-order valence-electron chi connectivity index (χ2n) is 6.75. The summed E-state index contributed by atoms with van der Waals surface area (Å²) >= 11 is 1.70. The SMILES string of the molecule is CC1CN(c2ccc3nnc(-c4ccccc4)n3n2)CC(c2ccsc2)O1. The molecule has 6 nitrogen and oxygen atoms in total. The summed E-state index contributed by atoms with van der Waals surface area (Å²) in [4.78, 5) is 2.28. The van der Waals surface area contributed by atoms with Crippen LogP contribution in [-0.2, 0) is 4.74 Å².